The van der Waals surface area contributed by atoms with Crippen molar-refractivity contribution < 1.29 is 0 Å². The van der Waals surface area contributed by atoms with E-state index in [9.17, 15) is 0 Å². The van der Waals surface area contributed by atoms with E-state index in [-0.39, 0.29) is 0 Å². The van der Waals surface area contributed by atoms with Crippen LogP contribution in [-0.4, -0.2) is 11.5 Å². The van der Waals surface area contributed by atoms with E-state index in [4.69, 9.17) is 0 Å². The van der Waals surface area contributed by atoms with E-state index in [1.54, 1.807) is 11.3 Å². The van der Waals surface area contributed by atoms with Crippen molar-refractivity contribution in [1.82, 2.24) is 4.98 Å². The first-order chi connectivity index (χ1) is 7.31. The summed E-state index contributed by atoms with van der Waals surface area (Å²) in [4.78, 5) is 5.82. The van der Waals surface area contributed by atoms with E-state index >= 15 is 0 Å². The molecule has 0 saturated carbocycles. The number of anilines is 1. The highest BCUT2D eigenvalue weighted by molar-refractivity contribution is 7.13. The average Bonchev–Trinajstić information content (AvgIpc) is 2.65. The van der Waals surface area contributed by atoms with Crippen molar-refractivity contribution in [2.75, 3.05) is 11.9 Å². The van der Waals surface area contributed by atoms with Gasteiger partial charge in [-0.1, -0.05) is 6.07 Å². The van der Waals surface area contributed by atoms with Crippen molar-refractivity contribution in [2.45, 2.75) is 13.8 Å². The lowest BCUT2D eigenvalue weighted by Gasteiger charge is -2.04. The van der Waals surface area contributed by atoms with Gasteiger partial charge in [-0.15, -0.1) is 11.3 Å². The van der Waals surface area contributed by atoms with Crippen LogP contribution in [0.15, 0.2) is 29.6 Å². The fraction of sp³-hybridized carbons (Fsp3) is 0.250. The Morgan fingerprint density at radius 1 is 1.33 bits per heavy atom. The molecular formula is C12H14N2S. The molecule has 15 heavy (non-hydrogen) atoms. The van der Waals surface area contributed by atoms with Gasteiger partial charge in [0.1, 0.15) is 5.82 Å². The summed E-state index contributed by atoms with van der Waals surface area (Å²) in [6.07, 6.45) is 0. The van der Waals surface area contributed by atoms with Crippen molar-refractivity contribution in [1.29, 1.82) is 0 Å². The van der Waals surface area contributed by atoms with Gasteiger partial charge in [-0.2, -0.15) is 0 Å². The maximum absolute atomic E-state index is 4.57. The van der Waals surface area contributed by atoms with Gasteiger partial charge in [0.05, 0.1) is 10.6 Å². The zero-order chi connectivity index (χ0) is 10.7. The first kappa shape index (κ1) is 10.2. The zero-order valence-corrected chi connectivity index (χ0v) is 9.77. The molecule has 2 heterocycles. The van der Waals surface area contributed by atoms with Gasteiger partial charge in [0.15, 0.2) is 0 Å². The summed E-state index contributed by atoms with van der Waals surface area (Å²) in [6, 6.07) is 8.22. The van der Waals surface area contributed by atoms with Gasteiger partial charge in [-0.05, 0) is 43.0 Å². The van der Waals surface area contributed by atoms with Crippen LogP contribution in [0, 0.1) is 6.92 Å². The third kappa shape index (κ3) is 2.18. The fourth-order valence-corrected chi connectivity index (χ4v) is 2.37. The smallest absolute Gasteiger partial charge is 0.126 e. The predicted molar refractivity (Wildman–Crippen MR) is 66.5 cm³/mol. The molecule has 78 valence electrons. The van der Waals surface area contributed by atoms with Gasteiger partial charge in [0.2, 0.25) is 0 Å². The molecule has 2 rings (SSSR count). The largest absolute Gasteiger partial charge is 0.370 e. The number of aromatic nitrogens is 1. The number of nitrogens with one attached hydrogen (secondary N) is 1. The van der Waals surface area contributed by atoms with E-state index < -0.39 is 0 Å². The molecule has 2 nitrogen and oxygen atoms in total. The molecule has 0 unspecified atom stereocenters. The summed E-state index contributed by atoms with van der Waals surface area (Å²) < 4.78 is 0. The first-order valence-electron chi connectivity index (χ1n) is 5.06. The standard InChI is InChI=1S/C12H14N2S/c1-3-13-11-6-4-5-10(14-11)12-9(2)7-8-15-12/h4-8H,3H2,1-2H3,(H,13,14). The molecule has 0 fully saturated rings. The van der Waals surface area contributed by atoms with Gasteiger partial charge in [0.25, 0.3) is 0 Å². The van der Waals surface area contributed by atoms with E-state index in [2.05, 4.69) is 41.7 Å². The SMILES string of the molecule is CCNc1cccc(-c2sccc2C)n1. The molecule has 0 atom stereocenters. The van der Waals surface area contributed by atoms with Gasteiger partial charge >= 0.3 is 0 Å². The molecule has 1 N–H and O–H groups in total. The molecule has 0 aliphatic heterocycles. The first-order valence-corrected chi connectivity index (χ1v) is 5.94. The van der Waals surface area contributed by atoms with Crippen molar-refractivity contribution >= 4 is 17.2 Å². The number of thiophene rings is 1. The summed E-state index contributed by atoms with van der Waals surface area (Å²) in [5.41, 5.74) is 2.35. The molecule has 3 heteroatoms. The Kier molecular flexibility index (Phi) is 3.02. The third-order valence-electron chi connectivity index (χ3n) is 2.20. The molecule has 2 aromatic rings. The minimum absolute atomic E-state index is 0.903. The maximum Gasteiger partial charge on any atom is 0.126 e. The van der Waals surface area contributed by atoms with E-state index in [0.29, 0.717) is 0 Å². The second kappa shape index (κ2) is 4.45. The van der Waals surface area contributed by atoms with Gasteiger partial charge in [-0.25, -0.2) is 4.98 Å². The Bertz CT molecular complexity index is 448. The van der Waals surface area contributed by atoms with Crippen LogP contribution in [-0.2, 0) is 0 Å². The lowest BCUT2D eigenvalue weighted by atomic mass is 10.2. The molecule has 0 aliphatic rings. The van der Waals surface area contributed by atoms with E-state index in [1.807, 2.05) is 12.1 Å². The summed E-state index contributed by atoms with van der Waals surface area (Å²) in [5, 5.41) is 5.33. The Labute approximate surface area is 94.0 Å². The van der Waals surface area contributed by atoms with Crippen LogP contribution in [0.3, 0.4) is 0 Å². The minimum atomic E-state index is 0.903. The quantitative estimate of drug-likeness (QED) is 0.852. The summed E-state index contributed by atoms with van der Waals surface area (Å²) in [6.45, 7) is 5.10. The second-order valence-electron chi connectivity index (χ2n) is 3.37. The summed E-state index contributed by atoms with van der Waals surface area (Å²) >= 11 is 1.74. The third-order valence-corrected chi connectivity index (χ3v) is 3.24. The van der Waals surface area contributed by atoms with Crippen LogP contribution < -0.4 is 5.32 Å². The number of hydrogen-bond acceptors (Lipinski definition) is 3. The second-order valence-corrected chi connectivity index (χ2v) is 4.29. The Balaban J connectivity index is 2.37. The van der Waals surface area contributed by atoms with Gasteiger partial charge in [-0.3, -0.25) is 0 Å². The highest BCUT2D eigenvalue weighted by Crippen LogP contribution is 2.27. The molecule has 0 spiro atoms. The number of hydrogen-bond donors (Lipinski definition) is 1. The van der Waals surface area contributed by atoms with Crippen LogP contribution in [0.4, 0.5) is 5.82 Å². The van der Waals surface area contributed by atoms with Crippen LogP contribution in [0.2, 0.25) is 0 Å². The van der Waals surface area contributed by atoms with Gasteiger partial charge < -0.3 is 5.32 Å². The van der Waals surface area contributed by atoms with Crippen LogP contribution in [0.1, 0.15) is 12.5 Å². The van der Waals surface area contributed by atoms with Crippen molar-refractivity contribution in [2.24, 2.45) is 0 Å². The highest BCUT2D eigenvalue weighted by atomic mass is 32.1. The molecule has 0 radical (unpaired) electrons. The van der Waals surface area contributed by atoms with Crippen molar-refractivity contribution in [3.63, 3.8) is 0 Å². The average molecular weight is 218 g/mol. The number of aryl methyl sites for hydroxylation is 1. The van der Waals surface area contributed by atoms with Crippen LogP contribution in [0.5, 0.6) is 0 Å². The molecule has 0 amide bonds. The molecular weight excluding hydrogens is 204 g/mol. The molecule has 2 aromatic heterocycles. The topological polar surface area (TPSA) is 24.9 Å². The molecule has 0 saturated heterocycles. The normalized spacial score (nSPS) is 10.3. The Hall–Kier alpha value is -1.35. The zero-order valence-electron chi connectivity index (χ0n) is 8.95. The minimum Gasteiger partial charge on any atom is -0.370 e. The van der Waals surface area contributed by atoms with E-state index in [0.717, 1.165) is 18.1 Å². The van der Waals surface area contributed by atoms with Crippen LogP contribution >= 0.6 is 11.3 Å². The number of nitrogens with zero attached hydrogens (tertiary/aromatic N) is 1. The van der Waals surface area contributed by atoms with Crippen molar-refractivity contribution in [3.8, 4) is 10.6 Å². The predicted octanol–water partition coefficient (Wildman–Crippen LogP) is 3.55. The number of rotatable bonds is 3. The van der Waals surface area contributed by atoms with E-state index in [1.165, 1.54) is 10.4 Å². The highest BCUT2D eigenvalue weighted by Gasteiger charge is 2.04. The number of pyridine rings is 1. The summed E-state index contributed by atoms with van der Waals surface area (Å²) in [5.74, 6) is 0.947. The molecule has 0 bridgehead atoms. The van der Waals surface area contributed by atoms with Gasteiger partial charge in [0, 0.05) is 6.54 Å². The maximum atomic E-state index is 4.57. The molecule has 0 aliphatic carbocycles. The Morgan fingerprint density at radius 3 is 2.87 bits per heavy atom. The molecule has 0 aromatic carbocycles. The summed E-state index contributed by atoms with van der Waals surface area (Å²) in [7, 11) is 0. The lowest BCUT2D eigenvalue weighted by molar-refractivity contribution is 1.16. The lowest BCUT2D eigenvalue weighted by Crippen LogP contribution is -1.99. The monoisotopic (exact) mass is 218 g/mol. The van der Waals surface area contributed by atoms with Crippen LogP contribution in [0.25, 0.3) is 10.6 Å². The van der Waals surface area contributed by atoms with Crippen molar-refractivity contribution in [3.05, 3.63) is 35.2 Å². The fourth-order valence-electron chi connectivity index (χ4n) is 1.48. The Morgan fingerprint density at radius 2 is 2.20 bits per heavy atom.